The van der Waals surface area contributed by atoms with Crippen molar-refractivity contribution in [3.05, 3.63) is 63.6 Å². The minimum atomic E-state index is -4.18. The summed E-state index contributed by atoms with van der Waals surface area (Å²) >= 11 is 12.9. The molecule has 8 nitrogen and oxygen atoms in total. The Labute approximate surface area is 203 Å². The van der Waals surface area contributed by atoms with Gasteiger partial charge >= 0.3 is 0 Å². The molecular formula is C23H16Cl2N2O6S. The molecule has 1 aromatic heterocycles. The highest BCUT2D eigenvalue weighted by Gasteiger charge is 2.35. The Morgan fingerprint density at radius 1 is 0.912 bits per heavy atom. The van der Waals surface area contributed by atoms with E-state index in [9.17, 15) is 23.1 Å². The van der Waals surface area contributed by atoms with Crippen molar-refractivity contribution in [2.75, 3.05) is 5.75 Å². The molecule has 0 fully saturated rings. The summed E-state index contributed by atoms with van der Waals surface area (Å²) in [5, 5.41) is 14.0. The molecule has 2 amide bonds. The summed E-state index contributed by atoms with van der Waals surface area (Å²) in [6, 6.07) is 11.2. The third-order valence-corrected chi connectivity index (χ3v) is 7.27. The monoisotopic (exact) mass is 518 g/mol. The van der Waals surface area contributed by atoms with E-state index in [1.165, 1.54) is 12.1 Å². The number of rotatable bonds is 5. The first-order valence-corrected chi connectivity index (χ1v) is 12.5. The average Bonchev–Trinajstić information content (AvgIpc) is 3.20. The van der Waals surface area contributed by atoms with Crippen LogP contribution in [0.25, 0.3) is 32.9 Å². The van der Waals surface area contributed by atoms with Crippen LogP contribution in [-0.4, -0.2) is 40.2 Å². The van der Waals surface area contributed by atoms with Crippen LogP contribution in [0.3, 0.4) is 0 Å². The molecule has 0 aliphatic carbocycles. The maximum absolute atomic E-state index is 12.9. The molecule has 0 saturated heterocycles. The van der Waals surface area contributed by atoms with E-state index in [0.29, 0.717) is 32.9 Å². The lowest BCUT2D eigenvalue weighted by molar-refractivity contribution is 0.0880. The zero-order valence-corrected chi connectivity index (χ0v) is 19.6. The van der Waals surface area contributed by atoms with Gasteiger partial charge in [-0.05, 0) is 42.8 Å². The Balaban J connectivity index is 1.90. The van der Waals surface area contributed by atoms with Gasteiger partial charge < -0.3 is 9.67 Å². The number of hydrogen-bond acceptors (Lipinski definition) is 5. The van der Waals surface area contributed by atoms with Crippen LogP contribution in [0.2, 0.25) is 10.0 Å². The van der Waals surface area contributed by atoms with E-state index in [2.05, 4.69) is 5.32 Å². The lowest BCUT2D eigenvalue weighted by Crippen LogP contribution is -2.20. The fourth-order valence-corrected chi connectivity index (χ4v) is 5.63. The molecule has 5 rings (SSSR count). The quantitative estimate of drug-likeness (QED) is 0.261. The van der Waals surface area contributed by atoms with Gasteiger partial charge in [0.05, 0.1) is 22.4 Å². The van der Waals surface area contributed by atoms with E-state index in [1.54, 1.807) is 34.9 Å². The van der Waals surface area contributed by atoms with E-state index >= 15 is 0 Å². The van der Waals surface area contributed by atoms with Gasteiger partial charge in [-0.25, -0.2) is 0 Å². The Morgan fingerprint density at radius 2 is 1.59 bits per heavy atom. The zero-order chi connectivity index (χ0) is 24.4. The summed E-state index contributed by atoms with van der Waals surface area (Å²) in [4.78, 5) is 25.8. The number of nitrogens with one attached hydrogen (secondary N) is 1. The molecule has 0 saturated carbocycles. The molecule has 0 unspecified atom stereocenters. The molecule has 174 valence electrons. The summed E-state index contributed by atoms with van der Waals surface area (Å²) < 4.78 is 33.5. The van der Waals surface area contributed by atoms with Gasteiger partial charge in [0.1, 0.15) is 5.75 Å². The van der Waals surface area contributed by atoms with Crippen molar-refractivity contribution in [1.29, 1.82) is 0 Å². The highest BCUT2D eigenvalue weighted by Crippen LogP contribution is 2.44. The van der Waals surface area contributed by atoms with Gasteiger partial charge in [-0.3, -0.25) is 19.5 Å². The van der Waals surface area contributed by atoms with Crippen molar-refractivity contribution < 1.29 is 27.7 Å². The Hall–Kier alpha value is -3.11. The number of aromatic hydroxyl groups is 1. The predicted molar refractivity (Wildman–Crippen MR) is 129 cm³/mol. The van der Waals surface area contributed by atoms with Crippen LogP contribution in [-0.2, 0) is 16.7 Å². The number of aryl methyl sites for hydroxylation is 1. The number of amides is 2. The van der Waals surface area contributed by atoms with Crippen LogP contribution in [0.4, 0.5) is 0 Å². The molecular weight excluding hydrogens is 503 g/mol. The number of hydrogen-bond donors (Lipinski definition) is 3. The number of aromatic nitrogens is 1. The van der Waals surface area contributed by atoms with Crippen LogP contribution in [0.1, 0.15) is 27.1 Å². The number of phenolic OH excluding ortho intramolecular Hbond substituents is 1. The fourth-order valence-electron chi connectivity index (χ4n) is 4.53. The van der Waals surface area contributed by atoms with Crippen LogP contribution < -0.4 is 5.32 Å². The van der Waals surface area contributed by atoms with Crippen LogP contribution >= 0.6 is 23.2 Å². The van der Waals surface area contributed by atoms with Gasteiger partial charge in [-0.2, -0.15) is 8.42 Å². The first kappa shape index (κ1) is 22.7. The molecule has 34 heavy (non-hydrogen) atoms. The molecule has 1 aliphatic heterocycles. The Bertz CT molecular complexity index is 1640. The molecule has 3 N–H and O–H groups in total. The van der Waals surface area contributed by atoms with E-state index in [0.717, 1.165) is 0 Å². The topological polar surface area (TPSA) is 126 Å². The summed E-state index contributed by atoms with van der Waals surface area (Å²) in [5.74, 6) is -1.70. The summed E-state index contributed by atoms with van der Waals surface area (Å²) in [6.07, 6.45) is 0.0863. The number of phenols is 1. The van der Waals surface area contributed by atoms with Gasteiger partial charge in [-0.1, -0.05) is 29.3 Å². The van der Waals surface area contributed by atoms with Crippen molar-refractivity contribution in [3.63, 3.8) is 0 Å². The van der Waals surface area contributed by atoms with Gasteiger partial charge in [0, 0.05) is 44.0 Å². The highest BCUT2D eigenvalue weighted by molar-refractivity contribution is 7.85. The van der Waals surface area contributed by atoms with E-state index in [-0.39, 0.29) is 39.9 Å². The van der Waals surface area contributed by atoms with E-state index in [1.807, 2.05) is 0 Å². The van der Waals surface area contributed by atoms with Gasteiger partial charge in [0.2, 0.25) is 0 Å². The molecule has 0 radical (unpaired) electrons. The standard InChI is InChI=1S/C23H16Cl2N2O6S/c24-14-3-1-4-15(25)18(14)13-10-17-19(21-20(13)22(29)26-23(21)30)12-9-11(28)5-6-16(12)27(17)7-2-8-34(31,32)33/h1,3-6,9-10,28H,2,7-8H2,(H,26,29,30)(H,31,32,33). The third-order valence-electron chi connectivity index (χ3n) is 5.83. The molecule has 3 aromatic carbocycles. The molecule has 2 heterocycles. The molecule has 4 aromatic rings. The number of carbonyl (C=O) groups is 2. The van der Waals surface area contributed by atoms with Gasteiger partial charge in [0.25, 0.3) is 21.9 Å². The molecule has 11 heteroatoms. The Kier molecular flexibility index (Phi) is 5.33. The first-order valence-electron chi connectivity index (χ1n) is 10.1. The molecule has 0 bridgehead atoms. The van der Waals surface area contributed by atoms with Crippen LogP contribution in [0.15, 0.2) is 42.5 Å². The smallest absolute Gasteiger partial charge is 0.264 e. The second-order valence-electron chi connectivity index (χ2n) is 7.94. The number of imide groups is 1. The normalized spacial score (nSPS) is 13.6. The summed E-state index contributed by atoms with van der Waals surface area (Å²) in [5.41, 5.74) is 2.10. The van der Waals surface area contributed by atoms with Crippen molar-refractivity contribution in [2.24, 2.45) is 0 Å². The van der Waals surface area contributed by atoms with Crippen molar-refractivity contribution in [1.82, 2.24) is 9.88 Å². The number of halogens is 2. The highest BCUT2D eigenvalue weighted by atomic mass is 35.5. The third kappa shape index (κ3) is 3.61. The second kappa shape index (κ2) is 7.99. The van der Waals surface area contributed by atoms with Crippen molar-refractivity contribution >= 4 is 66.9 Å². The number of nitrogens with zero attached hydrogens (tertiary/aromatic N) is 1. The number of fused-ring (bicyclic) bond motifs is 5. The van der Waals surface area contributed by atoms with Gasteiger partial charge in [-0.15, -0.1) is 0 Å². The minimum Gasteiger partial charge on any atom is -0.508 e. The van der Waals surface area contributed by atoms with Crippen LogP contribution in [0.5, 0.6) is 5.75 Å². The van der Waals surface area contributed by atoms with E-state index in [4.69, 9.17) is 27.8 Å². The Morgan fingerprint density at radius 3 is 2.26 bits per heavy atom. The predicted octanol–water partition coefficient (Wildman–Crippen LogP) is 4.64. The lowest BCUT2D eigenvalue weighted by atomic mass is 9.92. The largest absolute Gasteiger partial charge is 0.508 e. The number of benzene rings is 3. The van der Waals surface area contributed by atoms with Gasteiger partial charge in [0.15, 0.2) is 0 Å². The number of carbonyl (C=O) groups excluding carboxylic acids is 2. The maximum atomic E-state index is 12.9. The second-order valence-corrected chi connectivity index (χ2v) is 10.3. The average molecular weight is 519 g/mol. The molecule has 0 spiro atoms. The molecule has 0 atom stereocenters. The lowest BCUT2D eigenvalue weighted by Gasteiger charge is -2.13. The SMILES string of the molecule is O=C1NC(=O)c2c1c(-c1c(Cl)cccc1Cl)cc1c2c2cc(O)ccc2n1CCCS(=O)(=O)O. The van der Waals surface area contributed by atoms with Crippen molar-refractivity contribution in [3.8, 4) is 16.9 Å². The summed E-state index contributed by atoms with van der Waals surface area (Å²) in [7, 11) is -4.18. The molecule has 1 aliphatic rings. The van der Waals surface area contributed by atoms with Crippen molar-refractivity contribution in [2.45, 2.75) is 13.0 Å². The first-order chi connectivity index (χ1) is 16.1. The fraction of sp³-hybridized carbons (Fsp3) is 0.130. The van der Waals surface area contributed by atoms with Crippen LogP contribution in [0, 0.1) is 0 Å². The summed E-state index contributed by atoms with van der Waals surface area (Å²) in [6.45, 7) is 0.175. The zero-order valence-electron chi connectivity index (χ0n) is 17.3. The minimum absolute atomic E-state index is 0.0406. The maximum Gasteiger partial charge on any atom is 0.264 e. The van der Waals surface area contributed by atoms with E-state index < -0.39 is 27.7 Å².